The summed E-state index contributed by atoms with van der Waals surface area (Å²) in [7, 11) is -4.50. The standard InChI is InChI=1S/C10H10F2N2O5S/c11-6-3-5(10(16)17)4-7(9(6)12)20(18,19)14-2-1-8(13)15/h3-4,14H,1-2H2,(H2,13,15)(H,16,17). The van der Waals surface area contributed by atoms with E-state index in [9.17, 15) is 26.8 Å². The van der Waals surface area contributed by atoms with Gasteiger partial charge in [-0.1, -0.05) is 0 Å². The molecule has 7 nitrogen and oxygen atoms in total. The number of carbonyl (C=O) groups excluding carboxylic acids is 1. The Morgan fingerprint density at radius 3 is 2.40 bits per heavy atom. The van der Waals surface area contributed by atoms with Crippen molar-refractivity contribution >= 4 is 21.9 Å². The summed E-state index contributed by atoms with van der Waals surface area (Å²) in [6, 6.07) is 0.841. The molecule has 110 valence electrons. The highest BCUT2D eigenvalue weighted by molar-refractivity contribution is 7.89. The first-order chi connectivity index (χ1) is 9.15. The Hall–Kier alpha value is -2.07. The molecule has 1 rings (SSSR count). The zero-order valence-corrected chi connectivity index (χ0v) is 10.7. The van der Waals surface area contributed by atoms with Crippen LogP contribution in [0.5, 0.6) is 0 Å². The number of nitrogens with two attached hydrogens (primary N) is 1. The number of carboxylic acids is 1. The normalized spacial score (nSPS) is 11.3. The predicted molar refractivity (Wildman–Crippen MR) is 62.3 cm³/mol. The van der Waals surface area contributed by atoms with Gasteiger partial charge in [0.2, 0.25) is 15.9 Å². The number of benzene rings is 1. The number of halogens is 2. The molecule has 10 heteroatoms. The second-order valence-electron chi connectivity index (χ2n) is 3.69. The van der Waals surface area contributed by atoms with Crippen molar-refractivity contribution in [3.63, 3.8) is 0 Å². The smallest absolute Gasteiger partial charge is 0.335 e. The molecule has 4 N–H and O–H groups in total. The van der Waals surface area contributed by atoms with Gasteiger partial charge < -0.3 is 10.8 Å². The first-order valence-corrected chi connectivity index (χ1v) is 6.64. The van der Waals surface area contributed by atoms with Crippen LogP contribution in [0, 0.1) is 11.6 Å². The van der Waals surface area contributed by atoms with Gasteiger partial charge in [-0.3, -0.25) is 4.79 Å². The van der Waals surface area contributed by atoms with Gasteiger partial charge in [0.25, 0.3) is 0 Å². The number of carboxylic acid groups (broad SMARTS) is 1. The Labute approximate surface area is 112 Å². The van der Waals surface area contributed by atoms with E-state index in [-0.39, 0.29) is 6.42 Å². The fourth-order valence-corrected chi connectivity index (χ4v) is 2.41. The van der Waals surface area contributed by atoms with Crippen molar-refractivity contribution in [2.75, 3.05) is 6.54 Å². The van der Waals surface area contributed by atoms with Crippen LogP contribution in [-0.2, 0) is 14.8 Å². The molecular weight excluding hydrogens is 298 g/mol. The minimum atomic E-state index is -4.50. The zero-order chi connectivity index (χ0) is 15.5. The van der Waals surface area contributed by atoms with Gasteiger partial charge in [-0.05, 0) is 12.1 Å². The average molecular weight is 308 g/mol. The minimum absolute atomic E-state index is 0.345. The quantitative estimate of drug-likeness (QED) is 0.671. The highest BCUT2D eigenvalue weighted by Gasteiger charge is 2.24. The summed E-state index contributed by atoms with van der Waals surface area (Å²) in [5, 5.41) is 8.67. The van der Waals surface area contributed by atoms with Crippen LogP contribution in [0.2, 0.25) is 0 Å². The number of sulfonamides is 1. The van der Waals surface area contributed by atoms with Crippen LogP contribution in [-0.4, -0.2) is 31.9 Å². The lowest BCUT2D eigenvalue weighted by atomic mass is 10.2. The van der Waals surface area contributed by atoms with E-state index in [1.54, 1.807) is 0 Å². The summed E-state index contributed by atoms with van der Waals surface area (Å²) >= 11 is 0. The van der Waals surface area contributed by atoms with E-state index >= 15 is 0 Å². The Bertz CT molecular complexity index is 660. The summed E-state index contributed by atoms with van der Waals surface area (Å²) < 4.78 is 51.8. The van der Waals surface area contributed by atoms with Gasteiger partial charge in [0.1, 0.15) is 4.90 Å². The molecule has 0 fully saturated rings. The number of amides is 1. The van der Waals surface area contributed by atoms with Gasteiger partial charge in [0, 0.05) is 13.0 Å². The number of rotatable bonds is 6. The van der Waals surface area contributed by atoms with Crippen LogP contribution >= 0.6 is 0 Å². The van der Waals surface area contributed by atoms with E-state index in [2.05, 4.69) is 0 Å². The molecular formula is C10H10F2N2O5S. The summed E-state index contributed by atoms with van der Waals surface area (Å²) in [5.41, 5.74) is 4.07. The summed E-state index contributed by atoms with van der Waals surface area (Å²) in [4.78, 5) is 20.0. The molecule has 0 spiro atoms. The largest absolute Gasteiger partial charge is 0.478 e. The molecule has 0 unspecified atom stereocenters. The fourth-order valence-electron chi connectivity index (χ4n) is 1.27. The van der Waals surface area contributed by atoms with E-state index in [0.717, 1.165) is 0 Å². The third-order valence-electron chi connectivity index (χ3n) is 2.19. The first-order valence-electron chi connectivity index (χ1n) is 5.15. The molecule has 0 radical (unpaired) electrons. The van der Waals surface area contributed by atoms with Gasteiger partial charge in [0.15, 0.2) is 11.6 Å². The van der Waals surface area contributed by atoms with Crippen molar-refractivity contribution in [3.05, 3.63) is 29.3 Å². The number of primary amides is 1. The third kappa shape index (κ3) is 3.71. The Balaban J connectivity index is 3.17. The zero-order valence-electron chi connectivity index (χ0n) is 9.89. The van der Waals surface area contributed by atoms with Crippen LogP contribution in [0.4, 0.5) is 8.78 Å². The lowest BCUT2D eigenvalue weighted by Gasteiger charge is -2.08. The lowest BCUT2D eigenvalue weighted by Crippen LogP contribution is -2.29. The molecule has 0 bridgehead atoms. The Kier molecular flexibility index (Phi) is 4.73. The molecule has 0 aromatic heterocycles. The lowest BCUT2D eigenvalue weighted by molar-refractivity contribution is -0.117. The molecule has 0 atom stereocenters. The van der Waals surface area contributed by atoms with Crippen molar-refractivity contribution < 1.29 is 31.9 Å². The number of nitrogens with one attached hydrogen (secondary N) is 1. The predicted octanol–water partition coefficient (Wildman–Crippen LogP) is -0.183. The van der Waals surface area contributed by atoms with E-state index in [4.69, 9.17) is 10.8 Å². The number of aromatic carboxylic acids is 1. The maximum Gasteiger partial charge on any atom is 0.335 e. The molecule has 1 aromatic rings. The molecule has 0 saturated carbocycles. The number of carbonyl (C=O) groups is 2. The number of hydrogen-bond donors (Lipinski definition) is 3. The highest BCUT2D eigenvalue weighted by atomic mass is 32.2. The number of hydrogen-bond acceptors (Lipinski definition) is 4. The second-order valence-corrected chi connectivity index (χ2v) is 5.42. The Morgan fingerprint density at radius 2 is 1.90 bits per heavy atom. The fraction of sp³-hybridized carbons (Fsp3) is 0.200. The van der Waals surface area contributed by atoms with Crippen molar-refractivity contribution in [1.29, 1.82) is 0 Å². The van der Waals surface area contributed by atoms with Gasteiger partial charge >= 0.3 is 5.97 Å². The Morgan fingerprint density at radius 1 is 1.30 bits per heavy atom. The van der Waals surface area contributed by atoms with Gasteiger partial charge in [-0.25, -0.2) is 26.7 Å². The summed E-state index contributed by atoms with van der Waals surface area (Å²) in [5.74, 6) is -5.72. The average Bonchev–Trinajstić information content (AvgIpc) is 2.31. The maximum atomic E-state index is 13.4. The molecule has 0 saturated heterocycles. The molecule has 1 aromatic carbocycles. The van der Waals surface area contributed by atoms with Crippen molar-refractivity contribution in [3.8, 4) is 0 Å². The maximum absolute atomic E-state index is 13.4. The molecule has 20 heavy (non-hydrogen) atoms. The van der Waals surface area contributed by atoms with Crippen LogP contribution < -0.4 is 10.5 Å². The van der Waals surface area contributed by atoms with Crippen LogP contribution in [0.1, 0.15) is 16.8 Å². The SMILES string of the molecule is NC(=O)CCNS(=O)(=O)c1cc(C(=O)O)cc(F)c1F. The highest BCUT2D eigenvalue weighted by Crippen LogP contribution is 2.19. The van der Waals surface area contributed by atoms with Crippen molar-refractivity contribution in [2.45, 2.75) is 11.3 Å². The molecule has 0 aliphatic carbocycles. The van der Waals surface area contributed by atoms with Crippen LogP contribution in [0.15, 0.2) is 17.0 Å². The minimum Gasteiger partial charge on any atom is -0.478 e. The van der Waals surface area contributed by atoms with E-state index in [1.807, 2.05) is 4.72 Å². The summed E-state index contributed by atoms with van der Waals surface area (Å²) in [6.07, 6.45) is -0.345. The van der Waals surface area contributed by atoms with E-state index in [1.165, 1.54) is 0 Å². The van der Waals surface area contributed by atoms with Gasteiger partial charge in [0.05, 0.1) is 5.56 Å². The molecule has 0 aliphatic rings. The van der Waals surface area contributed by atoms with Gasteiger partial charge in [-0.15, -0.1) is 0 Å². The third-order valence-corrected chi connectivity index (χ3v) is 3.66. The monoisotopic (exact) mass is 308 g/mol. The van der Waals surface area contributed by atoms with Gasteiger partial charge in [-0.2, -0.15) is 0 Å². The molecule has 0 aliphatic heterocycles. The van der Waals surface area contributed by atoms with Crippen molar-refractivity contribution in [1.82, 2.24) is 4.72 Å². The van der Waals surface area contributed by atoms with E-state index in [0.29, 0.717) is 12.1 Å². The molecule has 0 heterocycles. The van der Waals surface area contributed by atoms with Crippen LogP contribution in [0.25, 0.3) is 0 Å². The van der Waals surface area contributed by atoms with Crippen LogP contribution in [0.3, 0.4) is 0 Å². The topological polar surface area (TPSA) is 127 Å². The first kappa shape index (κ1) is 16.0. The van der Waals surface area contributed by atoms with Crippen molar-refractivity contribution in [2.24, 2.45) is 5.73 Å². The second kappa shape index (κ2) is 5.92. The van der Waals surface area contributed by atoms with E-state index < -0.39 is 50.5 Å². The molecule has 1 amide bonds. The summed E-state index contributed by atoms with van der Waals surface area (Å²) in [6.45, 7) is -0.421.